The van der Waals surface area contributed by atoms with Crippen LogP contribution < -0.4 is 5.73 Å². The largest absolute Gasteiger partial charge is 0.464 e. The molecule has 0 aliphatic carbocycles. The van der Waals surface area contributed by atoms with Crippen molar-refractivity contribution in [2.24, 2.45) is 0 Å². The summed E-state index contributed by atoms with van der Waals surface area (Å²) in [7, 11) is 1.19. The molecule has 0 aliphatic heterocycles. The lowest BCUT2D eigenvalue weighted by atomic mass is 10.1. The number of carbonyl (C=O) groups is 1. The number of ether oxygens (including phenoxy) is 1. The van der Waals surface area contributed by atoms with Crippen LogP contribution in [0.3, 0.4) is 0 Å². The van der Waals surface area contributed by atoms with Crippen molar-refractivity contribution in [2.75, 3.05) is 12.8 Å². The van der Waals surface area contributed by atoms with Crippen molar-refractivity contribution in [3.05, 3.63) is 45.3 Å². The Bertz CT molecular complexity index is 735. The molecule has 4 nitrogen and oxygen atoms in total. The lowest BCUT2D eigenvalue weighted by molar-refractivity contribution is 0.0594. The van der Waals surface area contributed by atoms with Gasteiger partial charge in [-0.05, 0) is 30.7 Å². The molecule has 2 N–H and O–H groups in total. The number of benzene rings is 1. The summed E-state index contributed by atoms with van der Waals surface area (Å²) < 4.78 is 18.6. The van der Waals surface area contributed by atoms with E-state index in [0.717, 1.165) is 0 Å². The minimum atomic E-state index is -0.757. The molecule has 0 spiro atoms. The topological polar surface area (TPSA) is 65.2 Å². The quantitative estimate of drug-likeness (QED) is 0.850. The monoisotopic (exact) mass is 328 g/mol. The number of methoxy groups -OCH3 is 1. The van der Waals surface area contributed by atoms with E-state index < -0.39 is 11.8 Å². The van der Waals surface area contributed by atoms with Crippen LogP contribution in [-0.2, 0) is 4.74 Å². The third-order valence-electron chi connectivity index (χ3n) is 2.89. The fourth-order valence-electron chi connectivity index (χ4n) is 1.76. The van der Waals surface area contributed by atoms with Crippen LogP contribution in [0.2, 0.25) is 10.0 Å². The van der Waals surface area contributed by atoms with Gasteiger partial charge in [-0.25, -0.2) is 14.2 Å². The van der Waals surface area contributed by atoms with Gasteiger partial charge in [0.2, 0.25) is 0 Å². The van der Waals surface area contributed by atoms with Gasteiger partial charge >= 0.3 is 5.97 Å². The van der Waals surface area contributed by atoms with Gasteiger partial charge in [0.05, 0.1) is 23.5 Å². The Morgan fingerprint density at radius 1 is 1.33 bits per heavy atom. The van der Waals surface area contributed by atoms with Crippen molar-refractivity contribution < 1.29 is 13.9 Å². The van der Waals surface area contributed by atoms with Crippen molar-refractivity contribution >= 4 is 34.9 Å². The lowest BCUT2D eigenvalue weighted by Gasteiger charge is -2.10. The van der Waals surface area contributed by atoms with Crippen molar-refractivity contribution in [2.45, 2.75) is 6.92 Å². The Kier molecular flexibility index (Phi) is 4.34. The molecule has 0 atom stereocenters. The SMILES string of the molecule is COC(=O)c1nc(-c2cc(Cl)c(C)cc2F)cc(N)c1Cl. The van der Waals surface area contributed by atoms with Crippen molar-refractivity contribution in [3.8, 4) is 11.3 Å². The number of carbonyl (C=O) groups excluding carboxylic acids is 1. The summed E-state index contributed by atoms with van der Waals surface area (Å²) in [6.45, 7) is 1.68. The number of nitrogen functional groups attached to an aromatic ring is 1. The van der Waals surface area contributed by atoms with Crippen LogP contribution in [0.4, 0.5) is 10.1 Å². The highest BCUT2D eigenvalue weighted by molar-refractivity contribution is 6.35. The Hall–Kier alpha value is -1.85. The van der Waals surface area contributed by atoms with E-state index in [4.69, 9.17) is 28.9 Å². The predicted molar refractivity (Wildman–Crippen MR) is 80.1 cm³/mol. The first-order valence-electron chi connectivity index (χ1n) is 5.85. The number of pyridine rings is 1. The Morgan fingerprint density at radius 3 is 2.62 bits per heavy atom. The van der Waals surface area contributed by atoms with E-state index in [9.17, 15) is 9.18 Å². The standard InChI is InChI=1S/C14H11Cl2FN2O2/c1-6-3-9(17)7(4-8(6)15)11-5-10(18)12(16)13(19-11)14(20)21-2/h3-5H,1-2H3,(H2,18,19). The second kappa shape index (κ2) is 5.87. The van der Waals surface area contributed by atoms with Crippen LogP contribution >= 0.6 is 23.2 Å². The average Bonchev–Trinajstić information content (AvgIpc) is 2.45. The maximum absolute atomic E-state index is 14.1. The molecule has 0 radical (unpaired) electrons. The number of hydrogen-bond donors (Lipinski definition) is 1. The predicted octanol–water partition coefficient (Wildman–Crippen LogP) is 3.87. The molecule has 1 aromatic heterocycles. The zero-order valence-corrected chi connectivity index (χ0v) is 12.7. The molecule has 0 unspecified atom stereocenters. The molecule has 110 valence electrons. The molecule has 1 heterocycles. The van der Waals surface area contributed by atoms with Gasteiger partial charge in [-0.2, -0.15) is 0 Å². The third-order valence-corrected chi connectivity index (χ3v) is 3.69. The summed E-state index contributed by atoms with van der Waals surface area (Å²) in [6, 6.07) is 4.07. The summed E-state index contributed by atoms with van der Waals surface area (Å²) in [5.74, 6) is -1.28. The summed E-state index contributed by atoms with van der Waals surface area (Å²) in [4.78, 5) is 15.7. The van der Waals surface area contributed by atoms with E-state index in [2.05, 4.69) is 9.72 Å². The van der Waals surface area contributed by atoms with Gasteiger partial charge in [-0.1, -0.05) is 23.2 Å². The maximum Gasteiger partial charge on any atom is 0.358 e. The number of nitrogens with two attached hydrogens (primary N) is 1. The number of aromatic nitrogens is 1. The van der Waals surface area contributed by atoms with Crippen molar-refractivity contribution in [3.63, 3.8) is 0 Å². The fraction of sp³-hybridized carbons (Fsp3) is 0.143. The number of aryl methyl sites for hydroxylation is 1. The van der Waals surface area contributed by atoms with E-state index in [-0.39, 0.29) is 27.7 Å². The van der Waals surface area contributed by atoms with Crippen LogP contribution in [0.25, 0.3) is 11.3 Å². The molecule has 0 amide bonds. The number of halogens is 3. The molecular formula is C14H11Cl2FN2O2. The number of anilines is 1. The minimum Gasteiger partial charge on any atom is -0.464 e. The van der Waals surface area contributed by atoms with Gasteiger partial charge in [0, 0.05) is 10.6 Å². The molecule has 0 bridgehead atoms. The summed E-state index contributed by atoms with van der Waals surface area (Å²) in [5.41, 5.74) is 6.52. The highest BCUT2D eigenvalue weighted by atomic mass is 35.5. The van der Waals surface area contributed by atoms with E-state index in [1.165, 1.54) is 25.3 Å². The highest BCUT2D eigenvalue weighted by Crippen LogP contribution is 2.32. The smallest absolute Gasteiger partial charge is 0.358 e. The number of rotatable bonds is 2. The van der Waals surface area contributed by atoms with Crippen molar-refractivity contribution in [1.29, 1.82) is 0 Å². The van der Waals surface area contributed by atoms with Crippen LogP contribution in [0.1, 0.15) is 16.1 Å². The van der Waals surface area contributed by atoms with Gasteiger partial charge < -0.3 is 10.5 Å². The molecule has 2 aromatic rings. The van der Waals surface area contributed by atoms with Gasteiger partial charge in [-0.3, -0.25) is 0 Å². The van der Waals surface area contributed by atoms with Crippen LogP contribution in [0.5, 0.6) is 0 Å². The highest BCUT2D eigenvalue weighted by Gasteiger charge is 2.19. The van der Waals surface area contributed by atoms with Crippen molar-refractivity contribution in [1.82, 2.24) is 4.98 Å². The summed E-state index contributed by atoms with van der Waals surface area (Å²) >= 11 is 11.9. The van der Waals surface area contributed by atoms with Gasteiger partial charge in [-0.15, -0.1) is 0 Å². The summed E-state index contributed by atoms with van der Waals surface area (Å²) in [6.07, 6.45) is 0. The van der Waals surface area contributed by atoms with Crippen LogP contribution in [0, 0.1) is 12.7 Å². The Balaban J connectivity index is 2.68. The number of nitrogens with zero attached hydrogens (tertiary/aromatic N) is 1. The molecular weight excluding hydrogens is 318 g/mol. The zero-order valence-electron chi connectivity index (χ0n) is 11.2. The molecule has 1 aromatic carbocycles. The molecule has 21 heavy (non-hydrogen) atoms. The molecule has 0 aliphatic rings. The molecule has 0 saturated carbocycles. The van der Waals surface area contributed by atoms with Gasteiger partial charge in [0.25, 0.3) is 0 Å². The number of hydrogen-bond acceptors (Lipinski definition) is 4. The second-order valence-electron chi connectivity index (χ2n) is 4.33. The first-order chi connectivity index (χ1) is 9.85. The first kappa shape index (κ1) is 15.5. The van der Waals surface area contributed by atoms with Gasteiger partial charge in [0.1, 0.15) is 5.82 Å². The van der Waals surface area contributed by atoms with E-state index >= 15 is 0 Å². The third kappa shape index (κ3) is 2.94. The van der Waals surface area contributed by atoms with E-state index in [1.54, 1.807) is 6.92 Å². The molecule has 2 rings (SSSR count). The Labute approximate surface area is 130 Å². The van der Waals surface area contributed by atoms with Gasteiger partial charge in [0.15, 0.2) is 5.69 Å². The lowest BCUT2D eigenvalue weighted by Crippen LogP contribution is -2.08. The first-order valence-corrected chi connectivity index (χ1v) is 6.61. The number of esters is 1. The zero-order chi connectivity index (χ0) is 15.7. The second-order valence-corrected chi connectivity index (χ2v) is 5.12. The molecule has 0 fully saturated rings. The maximum atomic E-state index is 14.1. The Morgan fingerprint density at radius 2 is 2.00 bits per heavy atom. The normalized spacial score (nSPS) is 10.5. The van der Waals surface area contributed by atoms with E-state index in [1.807, 2.05) is 0 Å². The van der Waals surface area contributed by atoms with E-state index in [0.29, 0.717) is 10.6 Å². The minimum absolute atomic E-state index is 0.0378. The van der Waals surface area contributed by atoms with Crippen LogP contribution in [-0.4, -0.2) is 18.1 Å². The summed E-state index contributed by atoms with van der Waals surface area (Å²) in [5, 5.41) is 0.338. The fourth-order valence-corrected chi connectivity index (χ4v) is 2.10. The average molecular weight is 329 g/mol. The molecule has 7 heteroatoms. The molecule has 0 saturated heterocycles. The van der Waals surface area contributed by atoms with Crippen LogP contribution in [0.15, 0.2) is 18.2 Å².